The number of carbonyl (C=O) groups is 3. The van der Waals surface area contributed by atoms with Gasteiger partial charge in [0.05, 0.1) is 6.61 Å². The van der Waals surface area contributed by atoms with Crippen LogP contribution in [0.4, 0.5) is 0 Å². The zero-order chi connectivity index (χ0) is 24.1. The van der Waals surface area contributed by atoms with E-state index in [0.29, 0.717) is 0 Å². The quantitative estimate of drug-likeness (QED) is 0.0711. The van der Waals surface area contributed by atoms with E-state index in [1.807, 2.05) is 5.32 Å². The number of hydrogen-bond donors (Lipinski definition) is 8. The van der Waals surface area contributed by atoms with Crippen LogP contribution < -0.4 is 5.32 Å². The SMILES string of the molecule is CC(=O)N[C@@H](C=O)[C@@H](O[C@@H]1O[C@H](C(=O)O)[C@@H](O)[C@H](O)[C@H]1O)[C@@H](O)[C@H](O)COS(=O)(=O)O.[Na].[Na]. The maximum absolute atomic E-state index is 11.4. The molecule has 0 aromatic carbocycles. The van der Waals surface area contributed by atoms with Gasteiger partial charge in [-0.15, -0.1) is 0 Å². The molecule has 16 nitrogen and oxygen atoms in total. The summed E-state index contributed by atoms with van der Waals surface area (Å²) in [6, 6.07) is -1.77. The molecule has 0 spiro atoms. The van der Waals surface area contributed by atoms with Gasteiger partial charge in [-0.1, -0.05) is 0 Å². The number of carboxylic acid groups (broad SMARTS) is 1. The van der Waals surface area contributed by atoms with Crippen LogP contribution in [0.3, 0.4) is 0 Å². The molecule has 1 heterocycles. The van der Waals surface area contributed by atoms with E-state index in [4.69, 9.17) is 19.1 Å². The van der Waals surface area contributed by atoms with E-state index in [-0.39, 0.29) is 65.4 Å². The second kappa shape index (κ2) is 15.3. The zero-order valence-corrected chi connectivity index (χ0v) is 22.6. The van der Waals surface area contributed by atoms with Crippen molar-refractivity contribution < 1.29 is 71.7 Å². The summed E-state index contributed by atoms with van der Waals surface area (Å²) in [6.45, 7) is -0.275. The molecule has 19 heteroatoms. The number of carbonyl (C=O) groups excluding carboxylic acids is 2. The number of carboxylic acids is 1. The van der Waals surface area contributed by atoms with Crippen LogP contribution in [0.2, 0.25) is 0 Å². The number of ether oxygens (including phenoxy) is 2. The monoisotopic (exact) mass is 523 g/mol. The molecule has 0 aliphatic carbocycles. The minimum Gasteiger partial charge on any atom is -0.479 e. The van der Waals surface area contributed by atoms with Crippen molar-refractivity contribution in [2.75, 3.05) is 6.61 Å². The summed E-state index contributed by atoms with van der Waals surface area (Å²) in [5.41, 5.74) is 0. The third-order valence-corrected chi connectivity index (χ3v) is 4.53. The van der Waals surface area contributed by atoms with E-state index < -0.39 is 83.9 Å². The summed E-state index contributed by atoms with van der Waals surface area (Å²) < 4.78 is 43.7. The number of rotatable bonds is 11. The Balaban J connectivity index is 0. The fraction of sp³-hybridized carbons (Fsp3) is 0.786. The topological polar surface area (TPSA) is 267 Å². The Labute approximate surface area is 231 Å². The van der Waals surface area contributed by atoms with Gasteiger partial charge in [0.15, 0.2) is 12.4 Å². The molecule has 1 saturated heterocycles. The van der Waals surface area contributed by atoms with E-state index in [1.165, 1.54) is 0 Å². The molecule has 33 heavy (non-hydrogen) atoms. The Morgan fingerprint density at radius 2 is 1.67 bits per heavy atom. The van der Waals surface area contributed by atoms with Crippen molar-refractivity contribution in [3.8, 4) is 0 Å². The standard InChI is InChI=1S/C14H23NO15S.2Na/c1-4(17)15-5(2-16)11(7(19)6(18)3-28-31(25,26)27)29-14-10(22)8(20)9(21)12(30-14)13(23)24;;/h2,5-12,14,18-22H,3H2,1H3,(H,15,17)(H,23,24)(H,25,26,27);;/t5-,6+,7-,8-,9-,10+,11+,12-,14+;;/m0../s1. The Morgan fingerprint density at radius 3 is 2.09 bits per heavy atom. The Hall–Kier alpha value is 0.200. The molecule has 1 rings (SSSR count). The summed E-state index contributed by atoms with van der Waals surface area (Å²) in [5.74, 6) is -2.59. The van der Waals surface area contributed by atoms with E-state index in [0.717, 1.165) is 6.92 Å². The van der Waals surface area contributed by atoms with Crippen LogP contribution in [-0.4, -0.2) is 183 Å². The van der Waals surface area contributed by atoms with Crippen molar-refractivity contribution in [2.45, 2.75) is 62.0 Å². The minimum atomic E-state index is -5.03. The van der Waals surface area contributed by atoms with Crippen LogP contribution in [0.25, 0.3) is 0 Å². The molecule has 1 aliphatic rings. The van der Waals surface area contributed by atoms with E-state index in [1.54, 1.807) is 0 Å². The molecule has 182 valence electrons. The molecule has 1 aliphatic heterocycles. The molecular formula is C14H23NNa2O15S. The van der Waals surface area contributed by atoms with Gasteiger partial charge < -0.3 is 50.2 Å². The van der Waals surface area contributed by atoms with Crippen LogP contribution in [0.5, 0.6) is 0 Å². The predicted octanol–water partition coefficient (Wildman–Crippen LogP) is -6.25. The predicted molar refractivity (Wildman–Crippen MR) is 104 cm³/mol. The molecule has 2 radical (unpaired) electrons. The fourth-order valence-electron chi connectivity index (χ4n) is 2.60. The van der Waals surface area contributed by atoms with Crippen molar-refractivity contribution in [2.24, 2.45) is 0 Å². The number of aliphatic hydroxyl groups excluding tert-OH is 5. The van der Waals surface area contributed by atoms with Gasteiger partial charge in [0.1, 0.15) is 49.0 Å². The number of nitrogens with one attached hydrogen (secondary N) is 1. The first-order chi connectivity index (χ1) is 14.2. The second-order valence-electron chi connectivity index (χ2n) is 6.47. The zero-order valence-electron chi connectivity index (χ0n) is 17.8. The van der Waals surface area contributed by atoms with E-state index in [2.05, 4.69) is 4.18 Å². The first kappa shape index (κ1) is 35.4. The van der Waals surface area contributed by atoms with Crippen LogP contribution in [0.1, 0.15) is 6.92 Å². The van der Waals surface area contributed by atoms with E-state index in [9.17, 15) is 48.3 Å². The first-order valence-electron chi connectivity index (χ1n) is 8.47. The fourth-order valence-corrected chi connectivity index (χ4v) is 2.91. The summed E-state index contributed by atoms with van der Waals surface area (Å²) >= 11 is 0. The molecule has 0 bridgehead atoms. The number of aliphatic carboxylic acids is 1. The molecule has 1 amide bonds. The Bertz CT molecular complexity index is 755. The second-order valence-corrected chi connectivity index (χ2v) is 7.56. The smallest absolute Gasteiger partial charge is 0.397 e. The van der Waals surface area contributed by atoms with Crippen molar-refractivity contribution >= 4 is 87.7 Å². The molecule has 0 saturated carbocycles. The molecule has 1 fully saturated rings. The number of hydrogen-bond acceptors (Lipinski definition) is 13. The molecule has 0 aromatic rings. The van der Waals surface area contributed by atoms with Crippen molar-refractivity contribution in [1.82, 2.24) is 5.32 Å². The number of aliphatic hydroxyl groups is 5. The van der Waals surface area contributed by atoms with Crippen LogP contribution in [-0.2, 0) is 38.4 Å². The van der Waals surface area contributed by atoms with Crippen LogP contribution in [0.15, 0.2) is 0 Å². The summed E-state index contributed by atoms with van der Waals surface area (Å²) in [4.78, 5) is 33.9. The maximum atomic E-state index is 11.4. The molecule has 9 atom stereocenters. The molecule has 8 N–H and O–H groups in total. The van der Waals surface area contributed by atoms with Gasteiger partial charge in [-0.3, -0.25) is 9.35 Å². The van der Waals surface area contributed by atoms with Crippen LogP contribution in [0, 0.1) is 0 Å². The van der Waals surface area contributed by atoms with Crippen molar-refractivity contribution in [3.05, 3.63) is 0 Å². The van der Waals surface area contributed by atoms with Gasteiger partial charge in [0, 0.05) is 66.0 Å². The van der Waals surface area contributed by atoms with Gasteiger partial charge in [0.25, 0.3) is 0 Å². The van der Waals surface area contributed by atoms with Gasteiger partial charge >= 0.3 is 16.4 Å². The molecule has 0 unspecified atom stereocenters. The van der Waals surface area contributed by atoms with Gasteiger partial charge in [-0.2, -0.15) is 8.42 Å². The summed E-state index contributed by atoms with van der Waals surface area (Å²) in [7, 11) is -5.03. The normalized spacial score (nSPS) is 28.8. The van der Waals surface area contributed by atoms with Crippen molar-refractivity contribution in [3.63, 3.8) is 0 Å². The third kappa shape index (κ3) is 10.8. The Morgan fingerprint density at radius 1 is 1.12 bits per heavy atom. The first-order valence-corrected chi connectivity index (χ1v) is 9.84. The maximum Gasteiger partial charge on any atom is 0.397 e. The summed E-state index contributed by atoms with van der Waals surface area (Å²) in [6.07, 6.45) is -17.0. The van der Waals surface area contributed by atoms with Crippen LogP contribution >= 0.6 is 0 Å². The Kier molecular flexibility index (Phi) is 16.4. The number of amides is 1. The van der Waals surface area contributed by atoms with Crippen molar-refractivity contribution in [1.29, 1.82) is 0 Å². The van der Waals surface area contributed by atoms with Gasteiger partial charge in [-0.25, -0.2) is 8.98 Å². The van der Waals surface area contributed by atoms with Gasteiger partial charge in [0.2, 0.25) is 5.91 Å². The third-order valence-electron chi connectivity index (χ3n) is 4.09. The van der Waals surface area contributed by atoms with Gasteiger partial charge in [-0.05, 0) is 0 Å². The minimum absolute atomic E-state index is 0. The largest absolute Gasteiger partial charge is 0.479 e. The molecule has 0 aromatic heterocycles. The average Bonchev–Trinajstić information content (AvgIpc) is 2.66. The number of aldehydes is 1. The van der Waals surface area contributed by atoms with E-state index >= 15 is 0 Å². The summed E-state index contributed by atoms with van der Waals surface area (Å²) in [5, 5.41) is 60.8. The molecular weight excluding hydrogens is 500 g/mol. The average molecular weight is 523 g/mol.